The van der Waals surface area contributed by atoms with Crippen LogP contribution >= 0.6 is 0 Å². The van der Waals surface area contributed by atoms with E-state index in [1.165, 1.54) is 5.56 Å². The smallest absolute Gasteiger partial charge is 0.170 e. The van der Waals surface area contributed by atoms with Gasteiger partial charge in [0, 0.05) is 25.2 Å². The number of oxime groups is 1. The van der Waals surface area contributed by atoms with E-state index in [4.69, 9.17) is 10.9 Å². The highest BCUT2D eigenvalue weighted by Gasteiger charge is 2.20. The highest BCUT2D eigenvalue weighted by Crippen LogP contribution is 2.17. The van der Waals surface area contributed by atoms with E-state index in [1.54, 1.807) is 0 Å². The molecule has 4 N–H and O–H groups in total. The molecule has 0 radical (unpaired) electrons. The molecule has 0 aromatic heterocycles. The molecule has 1 aliphatic heterocycles. The lowest BCUT2D eigenvalue weighted by Crippen LogP contribution is -2.22. The first kappa shape index (κ1) is 12.9. The lowest BCUT2D eigenvalue weighted by Gasteiger charge is -2.17. The molecule has 1 aromatic rings. The van der Waals surface area contributed by atoms with Crippen LogP contribution in [-0.4, -0.2) is 40.2 Å². The monoisotopic (exact) mass is 249 g/mol. The lowest BCUT2D eigenvalue weighted by atomic mass is 10.0. The Morgan fingerprint density at radius 3 is 2.89 bits per heavy atom. The minimum absolute atomic E-state index is 0.126. The molecule has 18 heavy (non-hydrogen) atoms. The van der Waals surface area contributed by atoms with E-state index in [-0.39, 0.29) is 11.9 Å². The van der Waals surface area contributed by atoms with Crippen LogP contribution < -0.4 is 5.73 Å². The summed E-state index contributed by atoms with van der Waals surface area (Å²) in [7, 11) is 0. The first-order valence-corrected chi connectivity index (χ1v) is 6.08. The van der Waals surface area contributed by atoms with Crippen LogP contribution in [0.4, 0.5) is 0 Å². The molecular formula is C13H19N3O2. The zero-order valence-electron chi connectivity index (χ0n) is 10.5. The Morgan fingerprint density at radius 2 is 2.33 bits per heavy atom. The van der Waals surface area contributed by atoms with Crippen LogP contribution in [-0.2, 0) is 6.54 Å². The molecule has 1 saturated heterocycles. The Labute approximate surface area is 107 Å². The van der Waals surface area contributed by atoms with E-state index in [9.17, 15) is 5.11 Å². The number of amidine groups is 1. The van der Waals surface area contributed by atoms with Gasteiger partial charge < -0.3 is 16.0 Å². The maximum Gasteiger partial charge on any atom is 0.170 e. The van der Waals surface area contributed by atoms with Crippen molar-refractivity contribution in [3.63, 3.8) is 0 Å². The Kier molecular flexibility index (Phi) is 3.84. The number of β-amino-alcohol motifs (C(OH)–C–C–N with tert-alkyl or cyclic N) is 1. The summed E-state index contributed by atoms with van der Waals surface area (Å²) in [6.07, 6.45) is 0.656. The van der Waals surface area contributed by atoms with Crippen LogP contribution in [0.2, 0.25) is 0 Å². The number of rotatable bonds is 3. The summed E-state index contributed by atoms with van der Waals surface area (Å²) in [6, 6.07) is 5.76. The van der Waals surface area contributed by atoms with Gasteiger partial charge in [-0.1, -0.05) is 17.3 Å². The topological polar surface area (TPSA) is 82.1 Å². The van der Waals surface area contributed by atoms with Crippen molar-refractivity contribution in [3.05, 3.63) is 34.9 Å². The molecule has 5 nitrogen and oxygen atoms in total. The Morgan fingerprint density at radius 1 is 1.56 bits per heavy atom. The normalized spacial score (nSPS) is 21.4. The maximum atomic E-state index is 9.49. The van der Waals surface area contributed by atoms with Crippen LogP contribution in [0.15, 0.2) is 23.4 Å². The molecule has 0 spiro atoms. The second kappa shape index (κ2) is 5.37. The van der Waals surface area contributed by atoms with Gasteiger partial charge in [-0.25, -0.2) is 0 Å². The fourth-order valence-electron chi connectivity index (χ4n) is 2.29. The van der Waals surface area contributed by atoms with Crippen LogP contribution in [0, 0.1) is 6.92 Å². The molecule has 1 fully saturated rings. The summed E-state index contributed by atoms with van der Waals surface area (Å²) in [5, 5.41) is 21.1. The largest absolute Gasteiger partial charge is 0.409 e. The third-order valence-corrected chi connectivity index (χ3v) is 3.39. The minimum Gasteiger partial charge on any atom is -0.409 e. The molecule has 0 aliphatic carbocycles. The zero-order chi connectivity index (χ0) is 13.1. The summed E-state index contributed by atoms with van der Waals surface area (Å²) >= 11 is 0. The predicted molar refractivity (Wildman–Crippen MR) is 69.6 cm³/mol. The van der Waals surface area contributed by atoms with E-state index < -0.39 is 0 Å². The van der Waals surface area contributed by atoms with Crippen LogP contribution in [0.5, 0.6) is 0 Å². The van der Waals surface area contributed by atoms with Crippen molar-refractivity contribution in [1.29, 1.82) is 0 Å². The number of hydrogen-bond donors (Lipinski definition) is 3. The molecule has 5 heteroatoms. The average molecular weight is 249 g/mol. The zero-order valence-corrected chi connectivity index (χ0v) is 10.5. The van der Waals surface area contributed by atoms with Gasteiger partial charge in [-0.15, -0.1) is 0 Å². The molecule has 1 heterocycles. The summed E-state index contributed by atoms with van der Waals surface area (Å²) in [4.78, 5) is 2.23. The van der Waals surface area contributed by atoms with Gasteiger partial charge in [-0.3, -0.25) is 4.90 Å². The number of nitrogens with zero attached hydrogens (tertiary/aromatic N) is 2. The minimum atomic E-state index is -0.193. The van der Waals surface area contributed by atoms with Crippen molar-refractivity contribution < 1.29 is 10.3 Å². The van der Waals surface area contributed by atoms with Crippen molar-refractivity contribution >= 4 is 5.84 Å². The van der Waals surface area contributed by atoms with Gasteiger partial charge in [0.25, 0.3) is 0 Å². The lowest BCUT2D eigenvalue weighted by molar-refractivity contribution is 0.174. The quantitative estimate of drug-likeness (QED) is 0.318. The third kappa shape index (κ3) is 2.80. The molecule has 1 atom stereocenters. The highest BCUT2D eigenvalue weighted by molar-refractivity contribution is 5.97. The predicted octanol–water partition coefficient (Wildman–Crippen LogP) is 0.656. The molecule has 2 rings (SSSR count). The van der Waals surface area contributed by atoms with E-state index in [2.05, 4.69) is 10.1 Å². The average Bonchev–Trinajstić information content (AvgIpc) is 2.76. The van der Waals surface area contributed by atoms with E-state index in [0.717, 1.165) is 37.2 Å². The number of benzene rings is 1. The van der Waals surface area contributed by atoms with E-state index in [1.807, 2.05) is 25.1 Å². The summed E-state index contributed by atoms with van der Waals surface area (Å²) in [5.41, 5.74) is 8.59. The second-order valence-electron chi connectivity index (χ2n) is 4.80. The summed E-state index contributed by atoms with van der Waals surface area (Å²) < 4.78 is 0. The highest BCUT2D eigenvalue weighted by atomic mass is 16.4. The van der Waals surface area contributed by atoms with Gasteiger partial charge in [-0.2, -0.15) is 0 Å². The fraction of sp³-hybridized carbons (Fsp3) is 0.462. The maximum absolute atomic E-state index is 9.49. The molecule has 0 bridgehead atoms. The Balaban J connectivity index is 2.10. The molecular weight excluding hydrogens is 230 g/mol. The fourth-order valence-corrected chi connectivity index (χ4v) is 2.29. The number of likely N-dealkylation sites (tertiary alicyclic amines) is 1. The van der Waals surface area contributed by atoms with Crippen LogP contribution in [0.25, 0.3) is 0 Å². The number of aliphatic hydroxyl groups excluding tert-OH is 1. The van der Waals surface area contributed by atoms with Gasteiger partial charge in [0.2, 0.25) is 0 Å². The Hall–Kier alpha value is -1.59. The molecule has 1 aliphatic rings. The molecule has 0 amide bonds. The molecule has 1 aromatic carbocycles. The number of hydrogen-bond acceptors (Lipinski definition) is 4. The molecule has 98 valence electrons. The Bertz CT molecular complexity index is 460. The SMILES string of the molecule is Cc1cc(/C(N)=N/O)ccc1CN1CCC(O)C1. The third-order valence-electron chi connectivity index (χ3n) is 3.39. The van der Waals surface area contributed by atoms with E-state index >= 15 is 0 Å². The number of aryl methyl sites for hydroxylation is 1. The number of aliphatic hydroxyl groups is 1. The van der Waals surface area contributed by atoms with Crippen molar-refractivity contribution in [2.45, 2.75) is 26.0 Å². The summed E-state index contributed by atoms with van der Waals surface area (Å²) in [5.74, 6) is 0.126. The standard InChI is InChI=1S/C13H19N3O2/c1-9-6-10(13(14)15-18)2-3-11(9)7-16-5-4-12(17)8-16/h2-3,6,12,17-18H,4-5,7-8H2,1H3,(H2,14,15). The van der Waals surface area contributed by atoms with Crippen LogP contribution in [0.1, 0.15) is 23.1 Å². The van der Waals surface area contributed by atoms with Gasteiger partial charge in [0.15, 0.2) is 5.84 Å². The van der Waals surface area contributed by atoms with Gasteiger partial charge in [-0.05, 0) is 30.5 Å². The summed E-state index contributed by atoms with van der Waals surface area (Å²) in [6.45, 7) is 4.51. The van der Waals surface area contributed by atoms with Crippen LogP contribution in [0.3, 0.4) is 0 Å². The van der Waals surface area contributed by atoms with Gasteiger partial charge in [0.1, 0.15) is 0 Å². The van der Waals surface area contributed by atoms with Crippen molar-refractivity contribution in [3.8, 4) is 0 Å². The van der Waals surface area contributed by atoms with Crippen molar-refractivity contribution in [2.24, 2.45) is 10.9 Å². The van der Waals surface area contributed by atoms with Crippen molar-refractivity contribution in [2.75, 3.05) is 13.1 Å². The first-order valence-electron chi connectivity index (χ1n) is 6.08. The molecule has 0 saturated carbocycles. The first-order chi connectivity index (χ1) is 8.60. The second-order valence-corrected chi connectivity index (χ2v) is 4.80. The van der Waals surface area contributed by atoms with Gasteiger partial charge in [0.05, 0.1) is 6.10 Å². The van der Waals surface area contributed by atoms with Crippen molar-refractivity contribution in [1.82, 2.24) is 4.90 Å². The van der Waals surface area contributed by atoms with Gasteiger partial charge >= 0.3 is 0 Å². The number of nitrogens with two attached hydrogens (primary N) is 1. The van der Waals surface area contributed by atoms with E-state index in [0.29, 0.717) is 0 Å². The molecule has 1 unspecified atom stereocenters.